The van der Waals surface area contributed by atoms with Gasteiger partial charge in [0.05, 0.1) is 0 Å². The lowest BCUT2D eigenvalue weighted by Crippen LogP contribution is -2.50. The topological polar surface area (TPSA) is 54.3 Å². The average molecular weight is 442 g/mol. The number of pyridine rings is 1. The Hall–Kier alpha value is -3.38. The predicted molar refractivity (Wildman–Crippen MR) is 129 cm³/mol. The van der Waals surface area contributed by atoms with Crippen molar-refractivity contribution in [1.82, 2.24) is 9.47 Å². The summed E-state index contributed by atoms with van der Waals surface area (Å²) in [7, 11) is 0. The van der Waals surface area contributed by atoms with Crippen molar-refractivity contribution < 1.29 is 4.79 Å². The number of nitrogens with one attached hydrogen (secondary N) is 1. The van der Waals surface area contributed by atoms with Crippen LogP contribution in [0.5, 0.6) is 0 Å². The molecule has 32 heavy (non-hydrogen) atoms. The first-order valence-corrected chi connectivity index (χ1v) is 11.8. The number of thiophene rings is 1. The molecule has 2 aromatic heterocycles. The summed E-state index contributed by atoms with van der Waals surface area (Å²) in [6, 6.07) is 23.8. The Labute approximate surface area is 189 Å². The minimum Gasteiger partial charge on any atom is -0.324 e. The van der Waals surface area contributed by atoms with Gasteiger partial charge in [0.1, 0.15) is 0 Å². The van der Waals surface area contributed by atoms with E-state index in [2.05, 4.69) is 35.6 Å². The Morgan fingerprint density at radius 2 is 1.75 bits per heavy atom. The lowest BCUT2D eigenvalue weighted by atomic mass is 9.81. The van der Waals surface area contributed by atoms with E-state index in [-0.39, 0.29) is 23.4 Å². The molecule has 6 rings (SSSR count). The number of carbonyl (C=O) groups excluding carboxylic acids is 1. The van der Waals surface area contributed by atoms with E-state index in [0.29, 0.717) is 19.6 Å². The molecule has 0 spiro atoms. The minimum absolute atomic E-state index is 0.0572. The Kier molecular flexibility index (Phi) is 4.61. The third-order valence-electron chi connectivity index (χ3n) is 6.59. The van der Waals surface area contributed by atoms with E-state index in [1.165, 1.54) is 15.0 Å². The molecule has 2 bridgehead atoms. The summed E-state index contributed by atoms with van der Waals surface area (Å²) < 4.78 is 3.21. The van der Waals surface area contributed by atoms with E-state index in [0.717, 1.165) is 23.4 Å². The average Bonchev–Trinajstić information content (AvgIpc) is 3.24. The van der Waals surface area contributed by atoms with Crippen molar-refractivity contribution in [2.75, 3.05) is 18.4 Å². The number of fused-ring (bicyclic) bond motifs is 5. The minimum atomic E-state index is -0.0685. The van der Waals surface area contributed by atoms with E-state index < -0.39 is 0 Å². The second-order valence-corrected chi connectivity index (χ2v) is 9.81. The second kappa shape index (κ2) is 7.64. The Morgan fingerprint density at radius 3 is 2.59 bits per heavy atom. The highest BCUT2D eigenvalue weighted by Crippen LogP contribution is 2.42. The normalized spacial score (nSPS) is 19.6. The maximum absolute atomic E-state index is 13.0. The van der Waals surface area contributed by atoms with Gasteiger partial charge in [-0.2, -0.15) is 0 Å². The third-order valence-corrected chi connectivity index (χ3v) is 7.74. The number of anilines is 1. The van der Waals surface area contributed by atoms with E-state index in [1.807, 2.05) is 45.9 Å². The van der Waals surface area contributed by atoms with Crippen molar-refractivity contribution in [1.29, 1.82) is 0 Å². The molecule has 2 aliphatic heterocycles. The van der Waals surface area contributed by atoms with Crippen LogP contribution in [0.25, 0.3) is 20.5 Å². The largest absolute Gasteiger partial charge is 0.324 e. The van der Waals surface area contributed by atoms with E-state index >= 15 is 0 Å². The first kappa shape index (κ1) is 19.3. The summed E-state index contributed by atoms with van der Waals surface area (Å²) in [4.78, 5) is 28.9. The predicted octanol–water partition coefficient (Wildman–Crippen LogP) is 5.38. The summed E-state index contributed by atoms with van der Waals surface area (Å²) in [5, 5.41) is 4.24. The van der Waals surface area contributed by atoms with Gasteiger partial charge in [-0.25, -0.2) is 4.79 Å². The fourth-order valence-electron chi connectivity index (χ4n) is 5.23. The number of likely N-dealkylation sites (tertiary alicyclic amines) is 1. The number of aromatic nitrogens is 1. The monoisotopic (exact) mass is 441 g/mol. The standard InChI is InChI=1S/C26H23N3O2S/c30-24-11-10-21(23-13-18-6-4-5-9-22(18)32-23)25-19-12-17(15-29(24)25)14-28(16-19)26(31)27-20-7-2-1-3-8-20/h1-11,13,17,19H,12,14-16H2,(H,27,31)/t17-,19+/m0/s1. The number of para-hydroxylation sites is 1. The van der Waals surface area contributed by atoms with Crippen LogP contribution >= 0.6 is 11.3 Å². The Balaban J connectivity index is 1.36. The molecular formula is C26H23N3O2S. The number of hydrogen-bond acceptors (Lipinski definition) is 3. The van der Waals surface area contributed by atoms with Gasteiger partial charge in [0.25, 0.3) is 5.56 Å². The van der Waals surface area contributed by atoms with Crippen molar-refractivity contribution in [2.45, 2.75) is 18.9 Å². The molecule has 0 radical (unpaired) electrons. The number of benzene rings is 2. The molecule has 0 aliphatic carbocycles. The fourth-order valence-corrected chi connectivity index (χ4v) is 6.32. The zero-order chi connectivity index (χ0) is 21.7. The van der Waals surface area contributed by atoms with Gasteiger partial charge in [0, 0.05) is 58.1 Å². The summed E-state index contributed by atoms with van der Waals surface area (Å²) in [5.74, 6) is 0.441. The molecule has 0 saturated carbocycles. The number of urea groups is 1. The molecular weight excluding hydrogens is 418 g/mol. The van der Waals surface area contributed by atoms with Crippen molar-refractivity contribution in [3.63, 3.8) is 0 Å². The SMILES string of the molecule is O=C(Nc1ccccc1)N1C[C@@H]2C[C@H](C1)c1c(-c3cc4ccccc4s3)ccc(=O)n1C2. The van der Waals surface area contributed by atoms with Crippen LogP contribution < -0.4 is 10.9 Å². The van der Waals surface area contributed by atoms with Gasteiger partial charge < -0.3 is 14.8 Å². The van der Waals surface area contributed by atoms with E-state index in [4.69, 9.17) is 0 Å². The summed E-state index contributed by atoms with van der Waals surface area (Å²) in [6.45, 7) is 1.96. The Morgan fingerprint density at radius 1 is 0.938 bits per heavy atom. The molecule has 2 aromatic carbocycles. The van der Waals surface area contributed by atoms with Gasteiger partial charge in [-0.1, -0.05) is 36.4 Å². The van der Waals surface area contributed by atoms with E-state index in [9.17, 15) is 9.59 Å². The molecule has 2 atom stereocenters. The van der Waals surface area contributed by atoms with Crippen molar-refractivity contribution >= 4 is 33.1 Å². The van der Waals surface area contributed by atoms with Crippen LogP contribution in [0.2, 0.25) is 0 Å². The van der Waals surface area contributed by atoms with Gasteiger partial charge in [0.15, 0.2) is 0 Å². The second-order valence-electron chi connectivity index (χ2n) is 8.73. The van der Waals surface area contributed by atoms with Gasteiger partial charge in [-0.3, -0.25) is 4.79 Å². The maximum Gasteiger partial charge on any atom is 0.321 e. The third kappa shape index (κ3) is 3.31. The quantitative estimate of drug-likeness (QED) is 0.454. The number of carbonyl (C=O) groups is 1. The van der Waals surface area contributed by atoms with Gasteiger partial charge >= 0.3 is 6.03 Å². The zero-order valence-corrected chi connectivity index (χ0v) is 18.3. The van der Waals surface area contributed by atoms with Crippen LogP contribution in [0.1, 0.15) is 18.0 Å². The van der Waals surface area contributed by atoms with Crippen LogP contribution in [0, 0.1) is 5.92 Å². The first-order valence-electron chi connectivity index (χ1n) is 11.0. The molecule has 160 valence electrons. The molecule has 4 aromatic rings. The number of piperidine rings is 1. The van der Waals surface area contributed by atoms with Gasteiger partial charge in [-0.15, -0.1) is 11.3 Å². The molecule has 6 heteroatoms. The molecule has 5 nitrogen and oxygen atoms in total. The van der Waals surface area contributed by atoms with Crippen LogP contribution in [0.3, 0.4) is 0 Å². The fraction of sp³-hybridized carbons (Fsp3) is 0.231. The van der Waals surface area contributed by atoms with Crippen LogP contribution in [0.15, 0.2) is 77.6 Å². The summed E-state index contributed by atoms with van der Waals surface area (Å²) in [5.41, 5.74) is 3.06. The van der Waals surface area contributed by atoms with Gasteiger partial charge in [-0.05, 0) is 48.1 Å². The van der Waals surface area contributed by atoms with Crippen molar-refractivity contribution in [3.05, 3.63) is 88.8 Å². The highest BCUT2D eigenvalue weighted by molar-refractivity contribution is 7.22. The molecule has 4 heterocycles. The molecule has 2 amide bonds. The van der Waals surface area contributed by atoms with Crippen molar-refractivity contribution in [2.24, 2.45) is 5.92 Å². The number of nitrogens with zero attached hydrogens (tertiary/aromatic N) is 2. The molecule has 2 aliphatic rings. The highest BCUT2D eigenvalue weighted by Gasteiger charge is 2.38. The van der Waals surface area contributed by atoms with E-state index in [1.54, 1.807) is 17.4 Å². The van der Waals surface area contributed by atoms with Crippen LogP contribution in [0.4, 0.5) is 10.5 Å². The van der Waals surface area contributed by atoms with Crippen LogP contribution in [-0.4, -0.2) is 28.6 Å². The number of rotatable bonds is 2. The van der Waals surface area contributed by atoms with Crippen molar-refractivity contribution in [3.8, 4) is 10.4 Å². The van der Waals surface area contributed by atoms with Gasteiger partial charge in [0.2, 0.25) is 0 Å². The lowest BCUT2D eigenvalue weighted by Gasteiger charge is -2.43. The zero-order valence-electron chi connectivity index (χ0n) is 17.5. The highest BCUT2D eigenvalue weighted by atomic mass is 32.1. The smallest absolute Gasteiger partial charge is 0.321 e. The molecule has 1 fully saturated rings. The number of amides is 2. The molecule has 1 N–H and O–H groups in total. The summed E-state index contributed by atoms with van der Waals surface area (Å²) >= 11 is 1.76. The van der Waals surface area contributed by atoms with Crippen LogP contribution in [-0.2, 0) is 6.54 Å². The molecule has 0 unspecified atom stereocenters. The lowest BCUT2D eigenvalue weighted by molar-refractivity contribution is 0.140. The molecule has 1 saturated heterocycles. The maximum atomic E-state index is 13.0. The first-order chi connectivity index (χ1) is 15.7. The number of hydrogen-bond donors (Lipinski definition) is 1. The Bertz CT molecular complexity index is 1340. The summed E-state index contributed by atoms with van der Waals surface area (Å²) in [6.07, 6.45) is 1.01.